The zero-order valence-corrected chi connectivity index (χ0v) is 12.6. The van der Waals surface area contributed by atoms with Crippen LogP contribution in [0.2, 0.25) is 5.02 Å². The Hall–Kier alpha value is -1.69. The second kappa shape index (κ2) is 5.36. The van der Waals surface area contributed by atoms with Gasteiger partial charge in [0.05, 0.1) is 5.69 Å². The van der Waals surface area contributed by atoms with Crippen LogP contribution in [0.4, 0.5) is 5.69 Å². The highest BCUT2D eigenvalue weighted by molar-refractivity contribution is 7.80. The van der Waals surface area contributed by atoms with Crippen molar-refractivity contribution in [1.29, 1.82) is 0 Å². The molecule has 3 nitrogen and oxygen atoms in total. The molecule has 0 atom stereocenters. The van der Waals surface area contributed by atoms with Gasteiger partial charge in [0.1, 0.15) is 5.70 Å². The predicted molar refractivity (Wildman–Crippen MR) is 87.0 cm³/mol. The standard InChI is InChI=1S/C14H9ClN2OS2/c15-10-1-3-11(4-2-10)17-13(18)12(16-14(17)19)7-9-5-6-20-8-9/h1-8H,(H,16,19)/b12-7+. The Balaban J connectivity index is 1.93. The number of halogens is 1. The molecule has 1 N–H and O–H groups in total. The second-order valence-corrected chi connectivity index (χ2v) is 5.76. The molecule has 1 fully saturated rings. The Morgan fingerprint density at radius 1 is 1.25 bits per heavy atom. The molecule has 0 radical (unpaired) electrons. The number of nitrogens with one attached hydrogen (secondary N) is 1. The topological polar surface area (TPSA) is 32.3 Å². The van der Waals surface area contributed by atoms with Gasteiger partial charge in [-0.15, -0.1) is 0 Å². The predicted octanol–water partition coefficient (Wildman–Crippen LogP) is 3.66. The average molecular weight is 321 g/mol. The summed E-state index contributed by atoms with van der Waals surface area (Å²) in [6.45, 7) is 0. The number of amides is 1. The third kappa shape index (κ3) is 2.47. The fourth-order valence-electron chi connectivity index (χ4n) is 1.88. The minimum absolute atomic E-state index is 0.163. The molecule has 100 valence electrons. The minimum Gasteiger partial charge on any atom is -0.327 e. The van der Waals surface area contributed by atoms with E-state index in [0.29, 0.717) is 21.5 Å². The van der Waals surface area contributed by atoms with Gasteiger partial charge in [-0.25, -0.2) is 0 Å². The quantitative estimate of drug-likeness (QED) is 0.677. The van der Waals surface area contributed by atoms with Gasteiger partial charge in [-0.1, -0.05) is 11.6 Å². The van der Waals surface area contributed by atoms with Crippen molar-refractivity contribution < 1.29 is 4.79 Å². The first-order valence-electron chi connectivity index (χ1n) is 5.80. The van der Waals surface area contributed by atoms with E-state index < -0.39 is 0 Å². The molecule has 2 heterocycles. The maximum Gasteiger partial charge on any atom is 0.281 e. The molecule has 0 aliphatic carbocycles. The van der Waals surface area contributed by atoms with E-state index in [1.165, 1.54) is 4.90 Å². The van der Waals surface area contributed by atoms with Crippen molar-refractivity contribution in [2.24, 2.45) is 0 Å². The summed E-state index contributed by atoms with van der Waals surface area (Å²) in [5.41, 5.74) is 2.15. The van der Waals surface area contributed by atoms with Crippen LogP contribution in [0.5, 0.6) is 0 Å². The van der Waals surface area contributed by atoms with Crippen LogP contribution in [0, 0.1) is 0 Å². The van der Waals surface area contributed by atoms with Gasteiger partial charge in [0.15, 0.2) is 5.11 Å². The Labute approximate surface area is 130 Å². The smallest absolute Gasteiger partial charge is 0.281 e. The number of rotatable bonds is 2. The summed E-state index contributed by atoms with van der Waals surface area (Å²) in [4.78, 5) is 13.9. The van der Waals surface area contributed by atoms with E-state index in [1.54, 1.807) is 41.7 Å². The van der Waals surface area contributed by atoms with E-state index in [9.17, 15) is 4.79 Å². The third-order valence-electron chi connectivity index (χ3n) is 2.82. The van der Waals surface area contributed by atoms with E-state index in [0.717, 1.165) is 5.56 Å². The van der Waals surface area contributed by atoms with Gasteiger partial charge in [-0.2, -0.15) is 11.3 Å². The van der Waals surface area contributed by atoms with Gasteiger partial charge in [-0.3, -0.25) is 9.69 Å². The molecular weight excluding hydrogens is 312 g/mol. The lowest BCUT2D eigenvalue weighted by Crippen LogP contribution is -2.30. The summed E-state index contributed by atoms with van der Waals surface area (Å²) in [6, 6.07) is 8.94. The van der Waals surface area contributed by atoms with Crippen LogP contribution in [0.25, 0.3) is 6.08 Å². The largest absolute Gasteiger partial charge is 0.327 e. The van der Waals surface area contributed by atoms with Crippen molar-refractivity contribution >= 4 is 57.9 Å². The SMILES string of the molecule is O=C1/C(=C\c2ccsc2)NC(=S)N1c1ccc(Cl)cc1. The van der Waals surface area contributed by atoms with Crippen molar-refractivity contribution in [3.8, 4) is 0 Å². The first kappa shape index (κ1) is 13.3. The fourth-order valence-corrected chi connectivity index (χ4v) is 2.93. The van der Waals surface area contributed by atoms with Crippen LogP contribution in [0.15, 0.2) is 46.8 Å². The zero-order chi connectivity index (χ0) is 14.1. The van der Waals surface area contributed by atoms with Gasteiger partial charge in [-0.05, 0) is 64.9 Å². The molecule has 1 saturated heterocycles. The number of hydrogen-bond acceptors (Lipinski definition) is 3. The van der Waals surface area contributed by atoms with Crippen LogP contribution in [0.3, 0.4) is 0 Å². The Morgan fingerprint density at radius 3 is 2.65 bits per heavy atom. The van der Waals surface area contributed by atoms with Crippen molar-refractivity contribution in [2.45, 2.75) is 0 Å². The molecule has 2 aromatic rings. The Kier molecular flexibility index (Phi) is 3.56. The molecular formula is C14H9ClN2OS2. The molecule has 1 aromatic heterocycles. The molecule has 20 heavy (non-hydrogen) atoms. The number of anilines is 1. The Morgan fingerprint density at radius 2 is 2.00 bits per heavy atom. The lowest BCUT2D eigenvalue weighted by Gasteiger charge is -2.13. The third-order valence-corrected chi connectivity index (χ3v) is 4.06. The van der Waals surface area contributed by atoms with Crippen LogP contribution < -0.4 is 10.2 Å². The van der Waals surface area contributed by atoms with Crippen LogP contribution in [-0.4, -0.2) is 11.0 Å². The second-order valence-electron chi connectivity index (χ2n) is 4.16. The maximum absolute atomic E-state index is 12.4. The van der Waals surface area contributed by atoms with Crippen LogP contribution in [0.1, 0.15) is 5.56 Å². The molecule has 1 aromatic carbocycles. The highest BCUT2D eigenvalue weighted by atomic mass is 35.5. The molecule has 1 aliphatic rings. The van der Waals surface area contributed by atoms with Crippen molar-refractivity contribution in [1.82, 2.24) is 5.32 Å². The van der Waals surface area contributed by atoms with E-state index in [1.807, 2.05) is 16.8 Å². The lowest BCUT2D eigenvalue weighted by atomic mass is 10.2. The normalized spacial score (nSPS) is 16.9. The Bertz CT molecular complexity index is 692. The number of carbonyl (C=O) groups is 1. The number of benzene rings is 1. The molecule has 1 amide bonds. The summed E-state index contributed by atoms with van der Waals surface area (Å²) >= 11 is 12.7. The molecule has 1 aliphatic heterocycles. The fraction of sp³-hybridized carbons (Fsp3) is 0. The van der Waals surface area contributed by atoms with Crippen molar-refractivity contribution in [3.63, 3.8) is 0 Å². The summed E-state index contributed by atoms with van der Waals surface area (Å²) in [7, 11) is 0. The van der Waals surface area contributed by atoms with E-state index in [2.05, 4.69) is 5.32 Å². The minimum atomic E-state index is -0.163. The van der Waals surface area contributed by atoms with Crippen LogP contribution >= 0.6 is 35.2 Å². The van der Waals surface area contributed by atoms with Crippen LogP contribution in [-0.2, 0) is 4.79 Å². The van der Waals surface area contributed by atoms with Gasteiger partial charge in [0.25, 0.3) is 5.91 Å². The number of carbonyl (C=O) groups excluding carboxylic acids is 1. The van der Waals surface area contributed by atoms with E-state index >= 15 is 0 Å². The zero-order valence-electron chi connectivity index (χ0n) is 10.2. The summed E-state index contributed by atoms with van der Waals surface area (Å²) in [5.74, 6) is -0.163. The molecule has 0 bridgehead atoms. The number of thiophene rings is 1. The van der Waals surface area contributed by atoms with Gasteiger partial charge < -0.3 is 5.32 Å². The molecule has 0 saturated carbocycles. The molecule has 0 unspecified atom stereocenters. The first-order chi connectivity index (χ1) is 9.65. The summed E-state index contributed by atoms with van der Waals surface area (Å²) in [6.07, 6.45) is 1.79. The van der Waals surface area contributed by atoms with Gasteiger partial charge in [0.2, 0.25) is 0 Å². The summed E-state index contributed by atoms with van der Waals surface area (Å²) in [5, 5.41) is 7.87. The molecule has 0 spiro atoms. The highest BCUT2D eigenvalue weighted by Gasteiger charge is 2.31. The highest BCUT2D eigenvalue weighted by Crippen LogP contribution is 2.24. The summed E-state index contributed by atoms with van der Waals surface area (Å²) < 4.78 is 0. The van der Waals surface area contributed by atoms with E-state index in [-0.39, 0.29) is 5.91 Å². The monoisotopic (exact) mass is 320 g/mol. The van der Waals surface area contributed by atoms with Gasteiger partial charge in [0, 0.05) is 5.02 Å². The molecule has 6 heteroatoms. The number of thiocarbonyl (C=S) groups is 1. The van der Waals surface area contributed by atoms with E-state index in [4.69, 9.17) is 23.8 Å². The number of nitrogens with zero attached hydrogens (tertiary/aromatic N) is 1. The average Bonchev–Trinajstić information content (AvgIpc) is 3.02. The number of hydrogen-bond donors (Lipinski definition) is 1. The first-order valence-corrected chi connectivity index (χ1v) is 7.53. The molecule has 3 rings (SSSR count). The van der Waals surface area contributed by atoms with Gasteiger partial charge >= 0.3 is 0 Å². The lowest BCUT2D eigenvalue weighted by molar-refractivity contribution is -0.113. The van der Waals surface area contributed by atoms with Crippen molar-refractivity contribution in [2.75, 3.05) is 4.90 Å². The maximum atomic E-state index is 12.4. The van der Waals surface area contributed by atoms with Crippen molar-refractivity contribution in [3.05, 3.63) is 57.4 Å².